The first-order valence-electron chi connectivity index (χ1n) is 6.27. The number of hydrogen-bond acceptors (Lipinski definition) is 1. The largest absolute Gasteiger partial charge is 0.319 e. The van der Waals surface area contributed by atoms with Crippen LogP contribution >= 0.6 is 0 Å². The SMILES string of the molecule is Fc1ccccc1N1C=CCC2=C1CCCC2. The molecule has 1 aliphatic carbocycles. The molecule has 1 nitrogen and oxygen atoms in total. The van der Waals surface area contributed by atoms with Gasteiger partial charge in [-0.2, -0.15) is 0 Å². The zero-order chi connectivity index (χ0) is 11.7. The van der Waals surface area contributed by atoms with Gasteiger partial charge in [-0.15, -0.1) is 0 Å². The van der Waals surface area contributed by atoms with E-state index in [0.717, 1.165) is 12.8 Å². The van der Waals surface area contributed by atoms with Crippen LogP contribution in [-0.4, -0.2) is 0 Å². The Morgan fingerprint density at radius 1 is 1.06 bits per heavy atom. The van der Waals surface area contributed by atoms with Crippen molar-refractivity contribution in [2.75, 3.05) is 4.90 Å². The summed E-state index contributed by atoms with van der Waals surface area (Å²) in [6, 6.07) is 7.01. The second kappa shape index (κ2) is 4.36. The lowest BCUT2D eigenvalue weighted by molar-refractivity contribution is 0.614. The monoisotopic (exact) mass is 229 g/mol. The minimum Gasteiger partial charge on any atom is -0.319 e. The third-order valence-electron chi connectivity index (χ3n) is 3.57. The third kappa shape index (κ3) is 1.88. The lowest BCUT2D eigenvalue weighted by atomic mass is 9.91. The Kier molecular flexibility index (Phi) is 2.71. The van der Waals surface area contributed by atoms with Crippen LogP contribution in [0.4, 0.5) is 10.1 Å². The smallest absolute Gasteiger partial charge is 0.147 e. The molecule has 0 N–H and O–H groups in total. The first-order chi connectivity index (χ1) is 8.36. The third-order valence-corrected chi connectivity index (χ3v) is 3.57. The Labute approximate surface area is 101 Å². The zero-order valence-electron chi connectivity index (χ0n) is 9.82. The lowest BCUT2D eigenvalue weighted by Gasteiger charge is -2.32. The molecule has 0 aromatic heterocycles. The maximum atomic E-state index is 13.8. The standard InChI is InChI=1S/C15H16FN/c16-13-8-2-4-10-15(13)17-11-5-7-12-6-1-3-9-14(12)17/h2,4-5,8,10-11H,1,3,6-7,9H2. The van der Waals surface area contributed by atoms with Gasteiger partial charge in [0, 0.05) is 11.9 Å². The van der Waals surface area contributed by atoms with Crippen molar-refractivity contribution in [3.63, 3.8) is 0 Å². The number of hydrogen-bond donors (Lipinski definition) is 0. The molecular weight excluding hydrogens is 213 g/mol. The molecule has 88 valence electrons. The Hall–Kier alpha value is -1.57. The highest BCUT2D eigenvalue weighted by atomic mass is 19.1. The number of nitrogens with zero attached hydrogens (tertiary/aromatic N) is 1. The molecule has 0 unspecified atom stereocenters. The molecular formula is C15H16FN. The van der Waals surface area contributed by atoms with Crippen LogP contribution in [0.2, 0.25) is 0 Å². The van der Waals surface area contributed by atoms with Crippen LogP contribution in [0.3, 0.4) is 0 Å². The average molecular weight is 229 g/mol. The fourth-order valence-corrected chi connectivity index (χ4v) is 2.73. The average Bonchev–Trinajstić information content (AvgIpc) is 2.39. The minimum absolute atomic E-state index is 0.142. The Bertz CT molecular complexity index is 487. The van der Waals surface area contributed by atoms with Crippen molar-refractivity contribution in [3.05, 3.63) is 53.6 Å². The van der Waals surface area contributed by atoms with E-state index < -0.39 is 0 Å². The first-order valence-corrected chi connectivity index (χ1v) is 6.27. The highest BCUT2D eigenvalue weighted by Crippen LogP contribution is 2.36. The van der Waals surface area contributed by atoms with Crippen LogP contribution in [-0.2, 0) is 0 Å². The summed E-state index contributed by atoms with van der Waals surface area (Å²) in [6.07, 6.45) is 9.94. The van der Waals surface area contributed by atoms with Gasteiger partial charge in [0.15, 0.2) is 0 Å². The van der Waals surface area contributed by atoms with E-state index in [1.165, 1.54) is 36.6 Å². The van der Waals surface area contributed by atoms with Gasteiger partial charge in [0.25, 0.3) is 0 Å². The van der Waals surface area contributed by atoms with Gasteiger partial charge in [-0.05, 0) is 49.8 Å². The van der Waals surface area contributed by atoms with E-state index in [9.17, 15) is 4.39 Å². The number of rotatable bonds is 1. The second-order valence-electron chi connectivity index (χ2n) is 4.67. The Morgan fingerprint density at radius 2 is 1.88 bits per heavy atom. The predicted molar refractivity (Wildman–Crippen MR) is 68.1 cm³/mol. The molecule has 0 saturated heterocycles. The van der Waals surface area contributed by atoms with Gasteiger partial charge in [-0.3, -0.25) is 0 Å². The van der Waals surface area contributed by atoms with Crippen LogP contribution in [0.1, 0.15) is 32.1 Å². The molecule has 0 saturated carbocycles. The molecule has 2 heteroatoms. The van der Waals surface area contributed by atoms with Crippen LogP contribution in [0.5, 0.6) is 0 Å². The normalized spacial score (nSPS) is 19.5. The summed E-state index contributed by atoms with van der Waals surface area (Å²) in [4.78, 5) is 2.04. The highest BCUT2D eigenvalue weighted by molar-refractivity contribution is 5.58. The molecule has 1 aliphatic heterocycles. The van der Waals surface area contributed by atoms with E-state index in [0.29, 0.717) is 5.69 Å². The van der Waals surface area contributed by atoms with Gasteiger partial charge in [-0.1, -0.05) is 18.2 Å². The van der Waals surface area contributed by atoms with E-state index in [2.05, 4.69) is 6.08 Å². The number of para-hydroxylation sites is 1. The lowest BCUT2D eigenvalue weighted by Crippen LogP contribution is -2.23. The molecule has 1 aromatic carbocycles. The summed E-state index contributed by atoms with van der Waals surface area (Å²) < 4.78 is 13.8. The summed E-state index contributed by atoms with van der Waals surface area (Å²) in [7, 11) is 0. The summed E-state index contributed by atoms with van der Waals surface area (Å²) in [5.74, 6) is -0.142. The molecule has 0 amide bonds. The van der Waals surface area contributed by atoms with E-state index >= 15 is 0 Å². The van der Waals surface area contributed by atoms with Gasteiger partial charge in [-0.25, -0.2) is 4.39 Å². The maximum absolute atomic E-state index is 13.8. The number of benzene rings is 1. The van der Waals surface area contributed by atoms with E-state index in [4.69, 9.17) is 0 Å². The predicted octanol–water partition coefficient (Wildman–Crippen LogP) is 4.38. The molecule has 0 atom stereocenters. The molecule has 0 bridgehead atoms. The number of halogens is 1. The van der Waals surface area contributed by atoms with Crippen molar-refractivity contribution in [1.29, 1.82) is 0 Å². The molecule has 2 aliphatic rings. The van der Waals surface area contributed by atoms with Crippen molar-refractivity contribution in [1.82, 2.24) is 0 Å². The topological polar surface area (TPSA) is 3.24 Å². The number of anilines is 1. The quantitative estimate of drug-likeness (QED) is 0.690. The Balaban J connectivity index is 2.02. The first kappa shape index (κ1) is 10.6. The van der Waals surface area contributed by atoms with Crippen LogP contribution in [0, 0.1) is 5.82 Å². The second-order valence-corrected chi connectivity index (χ2v) is 4.67. The van der Waals surface area contributed by atoms with E-state index in [1.54, 1.807) is 6.07 Å². The van der Waals surface area contributed by atoms with Crippen LogP contribution < -0.4 is 4.90 Å². The number of allylic oxidation sites excluding steroid dienone is 3. The van der Waals surface area contributed by atoms with Gasteiger partial charge in [0.2, 0.25) is 0 Å². The summed E-state index contributed by atoms with van der Waals surface area (Å²) >= 11 is 0. The van der Waals surface area contributed by atoms with Crippen molar-refractivity contribution < 1.29 is 4.39 Å². The van der Waals surface area contributed by atoms with Crippen molar-refractivity contribution in [2.45, 2.75) is 32.1 Å². The van der Waals surface area contributed by atoms with Crippen molar-refractivity contribution in [3.8, 4) is 0 Å². The fourth-order valence-electron chi connectivity index (χ4n) is 2.73. The van der Waals surface area contributed by atoms with E-state index in [-0.39, 0.29) is 5.82 Å². The Morgan fingerprint density at radius 3 is 2.76 bits per heavy atom. The zero-order valence-corrected chi connectivity index (χ0v) is 9.82. The van der Waals surface area contributed by atoms with Gasteiger partial charge < -0.3 is 4.90 Å². The van der Waals surface area contributed by atoms with Crippen LogP contribution in [0.25, 0.3) is 0 Å². The fraction of sp³-hybridized carbons (Fsp3) is 0.333. The summed E-state index contributed by atoms with van der Waals surface area (Å²) in [5, 5.41) is 0. The van der Waals surface area contributed by atoms with Crippen LogP contribution in [0.15, 0.2) is 47.8 Å². The van der Waals surface area contributed by atoms with E-state index in [1.807, 2.05) is 23.2 Å². The van der Waals surface area contributed by atoms with Crippen molar-refractivity contribution >= 4 is 5.69 Å². The molecule has 17 heavy (non-hydrogen) atoms. The van der Waals surface area contributed by atoms with Gasteiger partial charge in [0.05, 0.1) is 5.69 Å². The minimum atomic E-state index is -0.142. The molecule has 0 radical (unpaired) electrons. The highest BCUT2D eigenvalue weighted by Gasteiger charge is 2.21. The molecule has 0 fully saturated rings. The maximum Gasteiger partial charge on any atom is 0.147 e. The summed E-state index contributed by atoms with van der Waals surface area (Å²) in [6.45, 7) is 0. The van der Waals surface area contributed by atoms with Gasteiger partial charge >= 0.3 is 0 Å². The molecule has 1 aromatic rings. The molecule has 3 rings (SSSR count). The molecule has 0 spiro atoms. The summed E-state index contributed by atoms with van der Waals surface area (Å²) in [5.41, 5.74) is 3.49. The van der Waals surface area contributed by atoms with Crippen molar-refractivity contribution in [2.24, 2.45) is 0 Å². The molecule has 1 heterocycles. The van der Waals surface area contributed by atoms with Gasteiger partial charge in [0.1, 0.15) is 5.82 Å².